The fourth-order valence-electron chi connectivity index (χ4n) is 3.62. The number of hydrogen-bond acceptors (Lipinski definition) is 6. The van der Waals surface area contributed by atoms with Gasteiger partial charge in [0.15, 0.2) is 5.82 Å². The quantitative estimate of drug-likeness (QED) is 0.566. The van der Waals surface area contributed by atoms with Gasteiger partial charge in [-0.2, -0.15) is 5.10 Å². The highest BCUT2D eigenvalue weighted by atomic mass is 16.5. The summed E-state index contributed by atoms with van der Waals surface area (Å²) in [6, 6.07) is 17.4. The Morgan fingerprint density at radius 2 is 1.74 bits per heavy atom. The third-order valence-electron chi connectivity index (χ3n) is 5.35. The van der Waals surface area contributed by atoms with Gasteiger partial charge in [0.05, 0.1) is 19.0 Å². The van der Waals surface area contributed by atoms with E-state index in [1.807, 2.05) is 54.6 Å². The predicted octanol–water partition coefficient (Wildman–Crippen LogP) is 4.40. The summed E-state index contributed by atoms with van der Waals surface area (Å²) in [6.45, 7) is 2.13. The third kappa shape index (κ3) is 5.72. The van der Waals surface area contributed by atoms with Crippen LogP contribution in [0.5, 0.6) is 5.75 Å². The molecule has 0 unspecified atom stereocenters. The van der Waals surface area contributed by atoms with E-state index in [1.165, 1.54) is 12.8 Å². The Labute approximate surface area is 182 Å². The van der Waals surface area contributed by atoms with Gasteiger partial charge in [0.25, 0.3) is 0 Å². The molecule has 1 aromatic heterocycles. The molecule has 0 atom stereocenters. The number of aromatic nitrogens is 2. The van der Waals surface area contributed by atoms with Crippen LogP contribution < -0.4 is 20.3 Å². The van der Waals surface area contributed by atoms with Gasteiger partial charge in [-0.05, 0) is 61.2 Å². The summed E-state index contributed by atoms with van der Waals surface area (Å²) < 4.78 is 5.16. The maximum atomic E-state index is 12.3. The van der Waals surface area contributed by atoms with E-state index in [2.05, 4.69) is 25.7 Å². The van der Waals surface area contributed by atoms with E-state index in [0.717, 1.165) is 41.5 Å². The van der Waals surface area contributed by atoms with Gasteiger partial charge in [-0.15, -0.1) is 5.10 Å². The number of carbonyl (C=O) groups is 1. The maximum absolute atomic E-state index is 12.3. The van der Waals surface area contributed by atoms with Gasteiger partial charge >= 0.3 is 0 Å². The molecule has 7 heteroatoms. The Bertz CT molecular complexity index is 999. The van der Waals surface area contributed by atoms with Gasteiger partial charge in [-0.1, -0.05) is 12.1 Å². The van der Waals surface area contributed by atoms with E-state index in [4.69, 9.17) is 4.74 Å². The smallest absolute Gasteiger partial charge is 0.224 e. The molecule has 1 aliphatic heterocycles. The van der Waals surface area contributed by atoms with Crippen molar-refractivity contribution >= 4 is 28.8 Å². The van der Waals surface area contributed by atoms with E-state index in [1.54, 1.807) is 13.3 Å². The number of benzene rings is 2. The zero-order chi connectivity index (χ0) is 21.5. The number of amides is 1. The molecule has 0 radical (unpaired) electrons. The van der Waals surface area contributed by atoms with Gasteiger partial charge in [0.1, 0.15) is 5.75 Å². The summed E-state index contributed by atoms with van der Waals surface area (Å²) in [5, 5.41) is 14.5. The highest BCUT2D eigenvalue weighted by Gasteiger charge is 2.13. The zero-order valence-corrected chi connectivity index (χ0v) is 17.7. The van der Waals surface area contributed by atoms with Crippen molar-refractivity contribution in [2.24, 2.45) is 0 Å². The first kappa shape index (κ1) is 20.7. The molecule has 31 heavy (non-hydrogen) atoms. The van der Waals surface area contributed by atoms with Crippen LogP contribution in [0.25, 0.3) is 0 Å². The Hall–Kier alpha value is -3.61. The van der Waals surface area contributed by atoms with Crippen molar-refractivity contribution in [2.75, 3.05) is 35.7 Å². The summed E-state index contributed by atoms with van der Waals surface area (Å²) in [5.41, 5.74) is 3.86. The molecular formula is C24H27N5O2. The first-order chi connectivity index (χ1) is 15.2. The normalized spacial score (nSPS) is 13.1. The second-order valence-electron chi connectivity index (χ2n) is 7.59. The Morgan fingerprint density at radius 1 is 1.03 bits per heavy atom. The summed E-state index contributed by atoms with van der Waals surface area (Å²) in [4.78, 5) is 14.6. The molecule has 0 aliphatic carbocycles. The van der Waals surface area contributed by atoms with Crippen LogP contribution in [0.2, 0.25) is 0 Å². The van der Waals surface area contributed by atoms with E-state index in [9.17, 15) is 4.79 Å². The van der Waals surface area contributed by atoms with Crippen molar-refractivity contribution in [1.29, 1.82) is 0 Å². The average molecular weight is 418 g/mol. The largest absolute Gasteiger partial charge is 0.497 e. The van der Waals surface area contributed by atoms with Gasteiger partial charge in [-0.3, -0.25) is 4.79 Å². The van der Waals surface area contributed by atoms with Crippen molar-refractivity contribution in [3.05, 3.63) is 66.4 Å². The third-order valence-corrected chi connectivity index (χ3v) is 5.35. The van der Waals surface area contributed by atoms with Gasteiger partial charge in [-0.25, -0.2) is 0 Å². The van der Waals surface area contributed by atoms with Gasteiger partial charge in [0.2, 0.25) is 5.91 Å². The number of anilines is 4. The molecule has 0 spiro atoms. The first-order valence-corrected chi connectivity index (χ1v) is 10.6. The number of hydrogen-bond donors (Lipinski definition) is 2. The minimum Gasteiger partial charge on any atom is -0.497 e. The monoisotopic (exact) mass is 417 g/mol. The lowest BCUT2D eigenvalue weighted by Gasteiger charge is -2.17. The molecule has 4 rings (SSSR count). The molecule has 1 amide bonds. The first-order valence-electron chi connectivity index (χ1n) is 10.6. The van der Waals surface area contributed by atoms with Crippen molar-refractivity contribution in [1.82, 2.24) is 10.2 Å². The summed E-state index contributed by atoms with van der Waals surface area (Å²) in [5.74, 6) is 1.51. The minimum absolute atomic E-state index is 0.0132. The van der Waals surface area contributed by atoms with E-state index >= 15 is 0 Å². The number of nitrogens with zero attached hydrogens (tertiary/aromatic N) is 3. The molecule has 0 bridgehead atoms. The fraction of sp³-hybridized carbons (Fsp3) is 0.292. The molecule has 2 N–H and O–H groups in total. The number of aryl methyl sites for hydroxylation is 1. The van der Waals surface area contributed by atoms with Crippen LogP contribution in [0.4, 0.5) is 22.9 Å². The van der Waals surface area contributed by atoms with Crippen molar-refractivity contribution in [2.45, 2.75) is 25.7 Å². The topological polar surface area (TPSA) is 79.4 Å². The van der Waals surface area contributed by atoms with Gasteiger partial charge in [0, 0.05) is 37.0 Å². The molecule has 2 heterocycles. The Balaban J connectivity index is 1.28. The number of carbonyl (C=O) groups excluding carboxylic acids is 1. The molecule has 1 aliphatic rings. The molecule has 160 valence electrons. The summed E-state index contributed by atoms with van der Waals surface area (Å²) in [6.07, 6.45) is 5.35. The predicted molar refractivity (Wildman–Crippen MR) is 123 cm³/mol. The highest BCUT2D eigenvalue weighted by Crippen LogP contribution is 2.23. The van der Waals surface area contributed by atoms with E-state index in [-0.39, 0.29) is 5.91 Å². The fourth-order valence-corrected chi connectivity index (χ4v) is 3.62. The van der Waals surface area contributed by atoms with Crippen LogP contribution in [-0.2, 0) is 11.2 Å². The second-order valence-corrected chi connectivity index (χ2v) is 7.59. The number of nitrogens with one attached hydrogen (secondary N) is 2. The Kier molecular flexibility index (Phi) is 6.62. The van der Waals surface area contributed by atoms with Crippen LogP contribution in [0.15, 0.2) is 60.8 Å². The van der Waals surface area contributed by atoms with E-state index in [0.29, 0.717) is 18.7 Å². The molecule has 1 fully saturated rings. The lowest BCUT2D eigenvalue weighted by molar-refractivity contribution is -0.116. The van der Waals surface area contributed by atoms with Crippen LogP contribution in [-0.4, -0.2) is 36.3 Å². The van der Waals surface area contributed by atoms with Crippen LogP contribution >= 0.6 is 0 Å². The number of methoxy groups -OCH3 is 1. The van der Waals surface area contributed by atoms with Crippen LogP contribution in [0.3, 0.4) is 0 Å². The van der Waals surface area contributed by atoms with Crippen molar-refractivity contribution < 1.29 is 9.53 Å². The molecule has 3 aromatic rings. The van der Waals surface area contributed by atoms with Crippen LogP contribution in [0.1, 0.15) is 24.8 Å². The Morgan fingerprint density at radius 3 is 2.45 bits per heavy atom. The zero-order valence-electron chi connectivity index (χ0n) is 17.7. The number of rotatable bonds is 8. The molecule has 2 aromatic carbocycles. The SMILES string of the molecule is COc1ccc(CCC(=O)Nc2ccc(Nc3cc(N4CCCC4)cnn3)cc2)cc1. The average Bonchev–Trinajstić information content (AvgIpc) is 3.35. The van der Waals surface area contributed by atoms with Crippen LogP contribution in [0, 0.1) is 0 Å². The summed E-state index contributed by atoms with van der Waals surface area (Å²) >= 11 is 0. The standard InChI is InChI=1S/C24H27N5O2/c1-31-22-11-4-18(5-12-22)6-13-24(30)27-20-9-7-19(8-10-20)26-23-16-21(17-25-28-23)29-14-2-3-15-29/h4-5,7-12,16-17H,2-3,6,13-15H2,1H3,(H,26,28)(H,27,30). The summed E-state index contributed by atoms with van der Waals surface area (Å²) in [7, 11) is 1.64. The second kappa shape index (κ2) is 9.93. The highest BCUT2D eigenvalue weighted by molar-refractivity contribution is 5.91. The number of ether oxygens (including phenoxy) is 1. The lowest BCUT2D eigenvalue weighted by atomic mass is 10.1. The molecule has 1 saturated heterocycles. The van der Waals surface area contributed by atoms with Crippen molar-refractivity contribution in [3.63, 3.8) is 0 Å². The van der Waals surface area contributed by atoms with Gasteiger partial charge < -0.3 is 20.3 Å². The lowest BCUT2D eigenvalue weighted by Crippen LogP contribution is -2.18. The van der Waals surface area contributed by atoms with Crippen molar-refractivity contribution in [3.8, 4) is 5.75 Å². The minimum atomic E-state index is -0.0132. The van der Waals surface area contributed by atoms with E-state index < -0.39 is 0 Å². The molecular weight excluding hydrogens is 390 g/mol. The molecule has 7 nitrogen and oxygen atoms in total. The molecule has 0 saturated carbocycles. The maximum Gasteiger partial charge on any atom is 0.224 e.